The molecule has 0 aromatic carbocycles. The first-order chi connectivity index (χ1) is 5.86. The lowest BCUT2D eigenvalue weighted by Crippen LogP contribution is -2.41. The van der Waals surface area contributed by atoms with Crippen LogP contribution in [0.5, 0.6) is 0 Å². The Labute approximate surface area is 75.6 Å². The third kappa shape index (κ3) is 3.55. The highest BCUT2D eigenvalue weighted by atomic mass is 16.6. The van der Waals surface area contributed by atoms with Gasteiger partial charge in [0, 0.05) is 14.1 Å². The molecule has 0 aliphatic rings. The van der Waals surface area contributed by atoms with Crippen LogP contribution in [0.25, 0.3) is 0 Å². The van der Waals surface area contributed by atoms with Crippen molar-refractivity contribution in [3.8, 4) is 0 Å². The summed E-state index contributed by atoms with van der Waals surface area (Å²) < 4.78 is 4.50. The molecule has 0 bridgehead atoms. The van der Waals surface area contributed by atoms with Crippen molar-refractivity contribution in [1.29, 1.82) is 0 Å². The molecule has 0 saturated heterocycles. The summed E-state index contributed by atoms with van der Waals surface area (Å²) in [5.74, 6) is -1.56. The third-order valence-corrected chi connectivity index (χ3v) is 1.21. The topological polar surface area (TPSA) is 89.7 Å². The van der Waals surface area contributed by atoms with Gasteiger partial charge in [0.2, 0.25) is 6.10 Å². The van der Waals surface area contributed by atoms with Gasteiger partial charge < -0.3 is 15.4 Å². The molecular formula is C7H12N2O4. The van der Waals surface area contributed by atoms with E-state index in [1.54, 1.807) is 0 Å². The number of primary amides is 1. The predicted molar refractivity (Wildman–Crippen MR) is 43.8 cm³/mol. The quantitative estimate of drug-likeness (QED) is 0.583. The van der Waals surface area contributed by atoms with Gasteiger partial charge >= 0.3 is 6.09 Å². The molecule has 1 unspecified atom stereocenters. The normalized spacial score (nSPS) is 11.6. The van der Waals surface area contributed by atoms with Crippen LogP contribution in [-0.4, -0.2) is 42.9 Å². The number of amides is 2. The van der Waals surface area contributed by atoms with E-state index in [-0.39, 0.29) is 0 Å². The molecule has 0 saturated carbocycles. The summed E-state index contributed by atoms with van der Waals surface area (Å²) in [5, 5.41) is 0. The fourth-order valence-corrected chi connectivity index (χ4v) is 0.548. The highest BCUT2D eigenvalue weighted by Gasteiger charge is 2.25. The maximum absolute atomic E-state index is 10.9. The van der Waals surface area contributed by atoms with Gasteiger partial charge in [0.05, 0.1) is 0 Å². The molecule has 0 rings (SSSR count). The minimum atomic E-state index is -1.49. The molecule has 6 nitrogen and oxygen atoms in total. The Hall–Kier alpha value is -1.59. The maximum Gasteiger partial charge on any atom is 0.410 e. The lowest BCUT2D eigenvalue weighted by molar-refractivity contribution is -0.137. The summed E-state index contributed by atoms with van der Waals surface area (Å²) in [5.41, 5.74) is 4.83. The van der Waals surface area contributed by atoms with E-state index >= 15 is 0 Å². The van der Waals surface area contributed by atoms with Crippen LogP contribution in [0.15, 0.2) is 0 Å². The van der Waals surface area contributed by atoms with Gasteiger partial charge in [-0.2, -0.15) is 0 Å². The molecule has 0 radical (unpaired) electrons. The van der Waals surface area contributed by atoms with Gasteiger partial charge in [-0.3, -0.25) is 9.59 Å². The van der Waals surface area contributed by atoms with E-state index < -0.39 is 23.9 Å². The van der Waals surface area contributed by atoms with E-state index in [4.69, 9.17) is 5.73 Å². The van der Waals surface area contributed by atoms with Crippen molar-refractivity contribution in [1.82, 2.24) is 4.90 Å². The summed E-state index contributed by atoms with van der Waals surface area (Å²) >= 11 is 0. The number of nitrogens with two attached hydrogens (primary N) is 1. The number of hydrogen-bond donors (Lipinski definition) is 1. The number of Topliss-reactive ketones (excluding diaryl/α,β-unsaturated/α-hetero) is 1. The summed E-state index contributed by atoms with van der Waals surface area (Å²) in [4.78, 5) is 33.4. The third-order valence-electron chi connectivity index (χ3n) is 1.21. The second-order valence-corrected chi connectivity index (χ2v) is 2.67. The van der Waals surface area contributed by atoms with Gasteiger partial charge in [0.1, 0.15) is 0 Å². The molecule has 0 spiro atoms. The Morgan fingerprint density at radius 2 is 1.77 bits per heavy atom. The molecule has 2 amide bonds. The standard InChI is InChI=1S/C7H12N2O4/c1-4(10)5(6(8)11)13-7(12)9(2)3/h5H,1-3H3,(H2,8,11). The van der Waals surface area contributed by atoms with Crippen LogP contribution in [0.4, 0.5) is 4.79 Å². The average Bonchev–Trinajstić information content (AvgIpc) is 1.97. The Kier molecular flexibility index (Phi) is 3.90. The first kappa shape index (κ1) is 11.4. The summed E-state index contributed by atoms with van der Waals surface area (Å²) in [6, 6.07) is 0. The van der Waals surface area contributed by atoms with Crippen molar-refractivity contribution in [2.75, 3.05) is 14.1 Å². The van der Waals surface area contributed by atoms with E-state index in [2.05, 4.69) is 4.74 Å². The molecule has 2 N–H and O–H groups in total. The van der Waals surface area contributed by atoms with Gasteiger partial charge in [-0.15, -0.1) is 0 Å². The Morgan fingerprint density at radius 3 is 2.00 bits per heavy atom. The lowest BCUT2D eigenvalue weighted by atomic mass is 10.2. The van der Waals surface area contributed by atoms with Gasteiger partial charge in [-0.05, 0) is 6.92 Å². The van der Waals surface area contributed by atoms with E-state index in [1.165, 1.54) is 14.1 Å². The van der Waals surface area contributed by atoms with Crippen molar-refractivity contribution in [2.24, 2.45) is 5.73 Å². The largest absolute Gasteiger partial charge is 0.428 e. The molecular weight excluding hydrogens is 176 g/mol. The Bertz CT molecular complexity index is 223. The van der Waals surface area contributed by atoms with Gasteiger partial charge in [0.15, 0.2) is 5.78 Å². The fraction of sp³-hybridized carbons (Fsp3) is 0.571. The molecule has 13 heavy (non-hydrogen) atoms. The summed E-state index contributed by atoms with van der Waals surface area (Å²) in [6.45, 7) is 1.12. The van der Waals surface area contributed by atoms with Gasteiger partial charge in [0.25, 0.3) is 5.91 Å². The highest BCUT2D eigenvalue weighted by molar-refractivity contribution is 6.03. The minimum Gasteiger partial charge on any atom is -0.428 e. The molecule has 0 fully saturated rings. The minimum absolute atomic E-state index is 0.595. The van der Waals surface area contributed by atoms with E-state index in [0.717, 1.165) is 11.8 Å². The van der Waals surface area contributed by atoms with Crippen LogP contribution >= 0.6 is 0 Å². The predicted octanol–water partition coefficient (Wildman–Crippen LogP) is -0.872. The van der Waals surface area contributed by atoms with Crippen molar-refractivity contribution in [3.63, 3.8) is 0 Å². The number of carbonyl (C=O) groups excluding carboxylic acids is 3. The number of rotatable bonds is 3. The molecule has 0 aliphatic heterocycles. The average molecular weight is 188 g/mol. The number of nitrogens with zero attached hydrogens (tertiary/aromatic N) is 1. The Balaban J connectivity index is 4.36. The van der Waals surface area contributed by atoms with Crippen LogP contribution in [-0.2, 0) is 14.3 Å². The van der Waals surface area contributed by atoms with Crippen LogP contribution < -0.4 is 5.73 Å². The SMILES string of the molecule is CC(=O)C(OC(=O)N(C)C)C(N)=O. The van der Waals surface area contributed by atoms with Crippen molar-refractivity contribution in [2.45, 2.75) is 13.0 Å². The maximum atomic E-state index is 10.9. The molecule has 6 heteroatoms. The van der Waals surface area contributed by atoms with Crippen LogP contribution in [0.3, 0.4) is 0 Å². The van der Waals surface area contributed by atoms with E-state index in [0.29, 0.717) is 0 Å². The monoisotopic (exact) mass is 188 g/mol. The fourth-order valence-electron chi connectivity index (χ4n) is 0.548. The number of hydrogen-bond acceptors (Lipinski definition) is 4. The molecule has 74 valence electrons. The zero-order valence-electron chi connectivity index (χ0n) is 7.73. The zero-order chi connectivity index (χ0) is 10.6. The number of ether oxygens (including phenoxy) is 1. The molecule has 0 aromatic heterocycles. The van der Waals surface area contributed by atoms with Crippen LogP contribution in [0.1, 0.15) is 6.92 Å². The first-order valence-electron chi connectivity index (χ1n) is 3.54. The molecule has 0 aliphatic carbocycles. The van der Waals surface area contributed by atoms with Gasteiger partial charge in [-0.25, -0.2) is 4.79 Å². The Morgan fingerprint density at radius 1 is 1.31 bits per heavy atom. The molecule has 0 aromatic rings. The van der Waals surface area contributed by atoms with Crippen LogP contribution in [0.2, 0.25) is 0 Å². The molecule has 0 heterocycles. The van der Waals surface area contributed by atoms with Crippen LogP contribution in [0, 0.1) is 0 Å². The summed E-state index contributed by atoms with van der Waals surface area (Å²) in [7, 11) is 2.86. The van der Waals surface area contributed by atoms with E-state index in [9.17, 15) is 14.4 Å². The lowest BCUT2D eigenvalue weighted by Gasteiger charge is -2.15. The summed E-state index contributed by atoms with van der Waals surface area (Å²) in [6.07, 6.45) is -2.27. The van der Waals surface area contributed by atoms with Gasteiger partial charge in [-0.1, -0.05) is 0 Å². The zero-order valence-corrected chi connectivity index (χ0v) is 7.73. The molecule has 1 atom stereocenters. The smallest absolute Gasteiger partial charge is 0.410 e. The highest BCUT2D eigenvalue weighted by Crippen LogP contribution is 1.96. The van der Waals surface area contributed by atoms with E-state index in [1.807, 2.05) is 0 Å². The first-order valence-corrected chi connectivity index (χ1v) is 3.54. The van der Waals surface area contributed by atoms with Crippen molar-refractivity contribution >= 4 is 17.8 Å². The van der Waals surface area contributed by atoms with Crippen molar-refractivity contribution in [3.05, 3.63) is 0 Å². The number of carbonyl (C=O) groups is 3. The second-order valence-electron chi connectivity index (χ2n) is 2.67. The number of ketones is 1. The second kappa shape index (κ2) is 4.44. The van der Waals surface area contributed by atoms with Crippen molar-refractivity contribution < 1.29 is 19.1 Å².